The maximum atomic E-state index is 5.98. The Labute approximate surface area is 240 Å². The van der Waals surface area contributed by atoms with Crippen molar-refractivity contribution in [2.45, 2.75) is 0 Å². The van der Waals surface area contributed by atoms with E-state index in [1.165, 1.54) is 0 Å². The Bertz CT molecular complexity index is 1500. The highest BCUT2D eigenvalue weighted by atomic mass is 16.6. The number of fused-ring (bicyclic) bond motifs is 18. The fourth-order valence-electron chi connectivity index (χ4n) is 4.35. The van der Waals surface area contributed by atoms with Gasteiger partial charge in [-0.1, -0.05) is 48.5 Å². The van der Waals surface area contributed by atoms with E-state index in [-0.39, 0.29) is 13.2 Å². The van der Waals surface area contributed by atoms with Crippen LogP contribution in [0.1, 0.15) is 0 Å². The summed E-state index contributed by atoms with van der Waals surface area (Å²) in [6.07, 6.45) is 0. The second-order valence-electron chi connectivity index (χ2n) is 8.93. The molecular formula is C34H32O7. The van der Waals surface area contributed by atoms with Crippen LogP contribution in [0.2, 0.25) is 0 Å². The van der Waals surface area contributed by atoms with Crippen molar-refractivity contribution < 1.29 is 33.2 Å². The molecule has 0 aliphatic carbocycles. The average molecular weight is 553 g/mol. The Morgan fingerprint density at radius 3 is 1.22 bits per heavy atom. The molecule has 41 heavy (non-hydrogen) atoms. The fourth-order valence-corrected chi connectivity index (χ4v) is 4.35. The minimum Gasteiger partial charge on any atom is -0.491 e. The van der Waals surface area contributed by atoms with E-state index in [9.17, 15) is 0 Å². The van der Waals surface area contributed by atoms with Gasteiger partial charge in [0.1, 0.15) is 49.4 Å². The molecule has 7 nitrogen and oxygen atoms in total. The van der Waals surface area contributed by atoms with Gasteiger partial charge in [0.15, 0.2) is 0 Å². The molecule has 6 bridgehead atoms. The molecular weight excluding hydrogens is 520 g/mol. The predicted molar refractivity (Wildman–Crippen MR) is 158 cm³/mol. The number of rotatable bonds is 0. The van der Waals surface area contributed by atoms with E-state index in [4.69, 9.17) is 33.2 Å². The van der Waals surface area contributed by atoms with Gasteiger partial charge in [0, 0.05) is 21.5 Å². The van der Waals surface area contributed by atoms with Crippen LogP contribution in [0.4, 0.5) is 0 Å². The highest BCUT2D eigenvalue weighted by molar-refractivity contribution is 5.94. The smallest absolute Gasteiger partial charge is 0.150 e. The summed E-state index contributed by atoms with van der Waals surface area (Å²) >= 11 is 0. The van der Waals surface area contributed by atoms with E-state index in [2.05, 4.69) is 23.7 Å². The first kappa shape index (κ1) is 28.1. The summed E-state index contributed by atoms with van der Waals surface area (Å²) in [6.45, 7) is 4.16. The molecule has 4 aromatic carbocycles. The van der Waals surface area contributed by atoms with Gasteiger partial charge in [-0.2, -0.15) is 0 Å². The summed E-state index contributed by atoms with van der Waals surface area (Å²) in [4.78, 5) is 0. The molecule has 2 aliphatic rings. The highest BCUT2D eigenvalue weighted by Gasteiger charge is 2.08. The van der Waals surface area contributed by atoms with Crippen molar-refractivity contribution in [3.8, 4) is 46.7 Å². The first-order valence-corrected chi connectivity index (χ1v) is 13.6. The zero-order valence-electron chi connectivity index (χ0n) is 22.9. The van der Waals surface area contributed by atoms with Crippen molar-refractivity contribution in [2.24, 2.45) is 0 Å². The van der Waals surface area contributed by atoms with Crippen LogP contribution in [0.3, 0.4) is 0 Å². The largest absolute Gasteiger partial charge is 0.491 e. The van der Waals surface area contributed by atoms with Gasteiger partial charge in [0.25, 0.3) is 0 Å². The van der Waals surface area contributed by atoms with Crippen molar-refractivity contribution in [3.05, 3.63) is 72.8 Å². The predicted octanol–water partition coefficient (Wildman–Crippen LogP) is 5.28. The Hall–Kier alpha value is -4.40. The molecule has 0 N–H and O–H groups in total. The van der Waals surface area contributed by atoms with E-state index in [0.29, 0.717) is 52.9 Å². The van der Waals surface area contributed by atoms with Crippen LogP contribution in [0.25, 0.3) is 21.5 Å². The molecule has 0 saturated heterocycles. The molecule has 0 radical (unpaired) electrons. The zero-order valence-corrected chi connectivity index (χ0v) is 22.9. The molecule has 7 heteroatoms. The molecule has 0 aromatic heterocycles. The lowest BCUT2D eigenvalue weighted by molar-refractivity contribution is 0.00512. The molecule has 6 rings (SSSR count). The van der Waals surface area contributed by atoms with Crippen molar-refractivity contribution >= 4 is 21.5 Å². The Morgan fingerprint density at radius 2 is 0.732 bits per heavy atom. The van der Waals surface area contributed by atoms with Gasteiger partial charge in [-0.25, -0.2) is 0 Å². The third-order valence-electron chi connectivity index (χ3n) is 6.24. The molecule has 0 fully saturated rings. The monoisotopic (exact) mass is 552 g/mol. The van der Waals surface area contributed by atoms with Crippen LogP contribution in [-0.2, 0) is 14.2 Å². The highest BCUT2D eigenvalue weighted by Crippen LogP contribution is 2.33. The quantitative estimate of drug-likeness (QED) is 0.217. The van der Waals surface area contributed by atoms with Crippen LogP contribution < -0.4 is 18.9 Å². The lowest BCUT2D eigenvalue weighted by Gasteiger charge is -2.13. The van der Waals surface area contributed by atoms with E-state index in [0.717, 1.165) is 44.5 Å². The summed E-state index contributed by atoms with van der Waals surface area (Å²) in [5.74, 6) is 14.6. The van der Waals surface area contributed by atoms with Gasteiger partial charge >= 0.3 is 0 Å². The lowest BCUT2D eigenvalue weighted by atomic mass is 10.1. The van der Waals surface area contributed by atoms with Crippen LogP contribution in [0, 0.1) is 23.7 Å². The van der Waals surface area contributed by atoms with Gasteiger partial charge in [0.05, 0.1) is 39.6 Å². The Balaban J connectivity index is 1.26. The van der Waals surface area contributed by atoms with Gasteiger partial charge < -0.3 is 33.2 Å². The molecule has 0 amide bonds. The Kier molecular flexibility index (Phi) is 10.6. The maximum Gasteiger partial charge on any atom is 0.150 e. The second-order valence-corrected chi connectivity index (χ2v) is 8.93. The van der Waals surface area contributed by atoms with Crippen molar-refractivity contribution in [2.75, 3.05) is 66.1 Å². The molecule has 0 unspecified atom stereocenters. The van der Waals surface area contributed by atoms with Crippen molar-refractivity contribution in [1.29, 1.82) is 0 Å². The van der Waals surface area contributed by atoms with E-state index < -0.39 is 0 Å². The number of hydrogen-bond donors (Lipinski definition) is 0. The van der Waals surface area contributed by atoms with E-state index >= 15 is 0 Å². The second kappa shape index (κ2) is 15.4. The number of hydrogen-bond acceptors (Lipinski definition) is 7. The zero-order chi connectivity index (χ0) is 28.0. The number of benzene rings is 4. The summed E-state index contributed by atoms with van der Waals surface area (Å²) in [6, 6.07) is 23.5. The van der Waals surface area contributed by atoms with Gasteiger partial charge in [-0.3, -0.25) is 0 Å². The third-order valence-corrected chi connectivity index (χ3v) is 6.24. The summed E-state index contributed by atoms with van der Waals surface area (Å²) in [5, 5.41) is 3.84. The van der Waals surface area contributed by atoms with Crippen LogP contribution in [0.5, 0.6) is 23.0 Å². The molecule has 2 heterocycles. The summed E-state index contributed by atoms with van der Waals surface area (Å²) in [7, 11) is 0. The van der Waals surface area contributed by atoms with Gasteiger partial charge in [-0.05, 0) is 47.9 Å². The third kappa shape index (κ3) is 8.06. The first-order valence-electron chi connectivity index (χ1n) is 13.6. The normalized spacial score (nSPS) is 15.8. The summed E-state index contributed by atoms with van der Waals surface area (Å²) < 4.78 is 40.7. The lowest BCUT2D eigenvalue weighted by Crippen LogP contribution is -2.14. The molecule has 0 atom stereocenters. The maximum absolute atomic E-state index is 5.98. The molecule has 2 aliphatic heterocycles. The minimum absolute atomic E-state index is 0.215. The standard InChI is InChI=1S/C34H32O7/c1-2-6-18-39-33-15-16-34(28-10-4-3-9-27(28)33)41-26-24-37-22-20-35-19-21-36-23-25-40-32-14-8-11-29-30(32)12-7-13-31(29)38-17-5-1/h3-4,7-16H,17-26H2. The molecule has 4 aromatic rings. The number of ether oxygens (including phenoxy) is 7. The van der Waals surface area contributed by atoms with Crippen molar-refractivity contribution in [3.63, 3.8) is 0 Å². The van der Waals surface area contributed by atoms with Gasteiger partial charge in [0.2, 0.25) is 0 Å². The molecule has 0 saturated carbocycles. The van der Waals surface area contributed by atoms with E-state index in [1.807, 2.05) is 72.8 Å². The average Bonchev–Trinajstić information content (AvgIpc) is 3.01. The topological polar surface area (TPSA) is 64.6 Å². The van der Waals surface area contributed by atoms with Crippen molar-refractivity contribution in [1.82, 2.24) is 0 Å². The summed E-state index contributed by atoms with van der Waals surface area (Å²) in [5.41, 5.74) is 0. The van der Waals surface area contributed by atoms with Crippen LogP contribution in [0.15, 0.2) is 72.8 Å². The van der Waals surface area contributed by atoms with Crippen LogP contribution >= 0.6 is 0 Å². The fraction of sp³-hybridized carbons (Fsp3) is 0.294. The minimum atomic E-state index is 0.215. The van der Waals surface area contributed by atoms with E-state index in [1.54, 1.807) is 0 Å². The molecule has 210 valence electrons. The van der Waals surface area contributed by atoms with Gasteiger partial charge in [-0.15, -0.1) is 0 Å². The molecule has 0 spiro atoms. The van der Waals surface area contributed by atoms with Crippen LogP contribution in [-0.4, -0.2) is 66.1 Å². The first-order chi connectivity index (χ1) is 20.4. The SMILES string of the molecule is C1#CCOc2cccc3c(cccc23)OCCOCCOCCOCCOc2ccc(c3ccccc23)OCC#C1. The Morgan fingerprint density at radius 1 is 0.366 bits per heavy atom.